The second-order valence-corrected chi connectivity index (χ2v) is 10.9. The lowest BCUT2D eigenvalue weighted by molar-refractivity contribution is -0.123. The molecule has 4 heteroatoms. The molecule has 0 aromatic rings. The first kappa shape index (κ1) is 36.6. The van der Waals surface area contributed by atoms with E-state index >= 15 is 0 Å². The molecule has 0 spiro atoms. The van der Waals surface area contributed by atoms with Gasteiger partial charge >= 0.3 is 0 Å². The Morgan fingerprint density at radius 3 is 1.58 bits per heavy atom. The maximum Gasteiger partial charge on any atom is 0.220 e. The molecule has 0 rings (SSSR count). The quantitative estimate of drug-likeness (QED) is 0.0533. The average Bonchev–Trinajstić information content (AvgIpc) is 2.92. The molecule has 4 nitrogen and oxygen atoms in total. The van der Waals surface area contributed by atoms with Gasteiger partial charge in [0.2, 0.25) is 5.91 Å². The zero-order valence-electron chi connectivity index (χ0n) is 25.2. The van der Waals surface area contributed by atoms with Gasteiger partial charge in [0, 0.05) is 6.42 Å². The fourth-order valence-corrected chi connectivity index (χ4v) is 4.58. The van der Waals surface area contributed by atoms with Crippen molar-refractivity contribution in [3.8, 4) is 0 Å². The van der Waals surface area contributed by atoms with Crippen LogP contribution in [0.3, 0.4) is 0 Å². The van der Waals surface area contributed by atoms with Crippen molar-refractivity contribution >= 4 is 5.91 Å². The van der Waals surface area contributed by atoms with Gasteiger partial charge in [0.1, 0.15) is 0 Å². The summed E-state index contributed by atoms with van der Waals surface area (Å²) in [4.78, 5) is 12.2. The van der Waals surface area contributed by atoms with Crippen molar-refractivity contribution < 1.29 is 15.0 Å². The molecule has 0 aliphatic rings. The maximum atomic E-state index is 12.2. The lowest BCUT2D eigenvalue weighted by Gasteiger charge is -2.20. The third-order valence-corrected chi connectivity index (χ3v) is 7.15. The molecule has 0 bridgehead atoms. The van der Waals surface area contributed by atoms with Gasteiger partial charge in [-0.25, -0.2) is 0 Å². The van der Waals surface area contributed by atoms with E-state index in [1.54, 1.807) is 6.08 Å². The van der Waals surface area contributed by atoms with Crippen LogP contribution in [0, 0.1) is 0 Å². The molecule has 0 heterocycles. The molecule has 38 heavy (non-hydrogen) atoms. The van der Waals surface area contributed by atoms with Crippen molar-refractivity contribution in [3.63, 3.8) is 0 Å². The summed E-state index contributed by atoms with van der Waals surface area (Å²) in [6.07, 6.45) is 37.8. The summed E-state index contributed by atoms with van der Waals surface area (Å²) >= 11 is 0. The number of hydrogen-bond donors (Lipinski definition) is 3. The van der Waals surface area contributed by atoms with E-state index in [4.69, 9.17) is 0 Å². The molecular weight excluding hydrogens is 470 g/mol. The molecule has 1 amide bonds. The number of allylic oxidation sites excluding steroid dienone is 5. The number of nitrogens with one attached hydrogen (secondary N) is 1. The summed E-state index contributed by atoms with van der Waals surface area (Å²) in [5.74, 6) is -0.0803. The van der Waals surface area contributed by atoms with Gasteiger partial charge < -0.3 is 15.5 Å². The van der Waals surface area contributed by atoms with Crippen LogP contribution in [0.2, 0.25) is 0 Å². The Kier molecular flexibility index (Phi) is 29.1. The zero-order chi connectivity index (χ0) is 27.9. The normalized spacial score (nSPS) is 13.7. The van der Waals surface area contributed by atoms with Crippen LogP contribution in [0.5, 0.6) is 0 Å². The third-order valence-electron chi connectivity index (χ3n) is 7.15. The van der Waals surface area contributed by atoms with Crippen LogP contribution in [0.15, 0.2) is 36.5 Å². The Bertz CT molecular complexity index is 584. The smallest absolute Gasteiger partial charge is 0.220 e. The number of amides is 1. The minimum atomic E-state index is -0.840. The van der Waals surface area contributed by atoms with Gasteiger partial charge in [-0.15, -0.1) is 0 Å². The largest absolute Gasteiger partial charge is 0.394 e. The first-order chi connectivity index (χ1) is 18.7. The van der Waals surface area contributed by atoms with Gasteiger partial charge in [0.15, 0.2) is 0 Å². The van der Waals surface area contributed by atoms with Gasteiger partial charge in [0.25, 0.3) is 0 Å². The number of carbonyl (C=O) groups excluding carboxylic acids is 1. The van der Waals surface area contributed by atoms with Gasteiger partial charge in [-0.2, -0.15) is 0 Å². The molecule has 2 unspecified atom stereocenters. The Hall–Kier alpha value is -1.39. The molecule has 0 saturated carbocycles. The molecule has 0 fully saturated rings. The Labute approximate surface area is 236 Å². The summed E-state index contributed by atoms with van der Waals surface area (Å²) in [7, 11) is 0. The lowest BCUT2D eigenvalue weighted by atomic mass is 10.1. The predicted molar refractivity (Wildman–Crippen MR) is 165 cm³/mol. The highest BCUT2D eigenvalue weighted by Gasteiger charge is 2.17. The van der Waals surface area contributed by atoms with Crippen molar-refractivity contribution in [1.29, 1.82) is 0 Å². The third kappa shape index (κ3) is 26.2. The van der Waals surface area contributed by atoms with Crippen molar-refractivity contribution in [2.45, 2.75) is 167 Å². The van der Waals surface area contributed by atoms with E-state index < -0.39 is 12.1 Å². The van der Waals surface area contributed by atoms with E-state index in [9.17, 15) is 15.0 Å². The molecule has 0 aromatic heterocycles. The summed E-state index contributed by atoms with van der Waals surface area (Å²) < 4.78 is 0. The Morgan fingerprint density at radius 1 is 0.632 bits per heavy atom. The van der Waals surface area contributed by atoms with Crippen LogP contribution in [0.4, 0.5) is 0 Å². The summed E-state index contributed by atoms with van der Waals surface area (Å²) in [5.41, 5.74) is 0. The van der Waals surface area contributed by atoms with Crippen LogP contribution in [0.1, 0.15) is 155 Å². The van der Waals surface area contributed by atoms with Crippen molar-refractivity contribution in [1.82, 2.24) is 5.32 Å². The molecule has 0 aliphatic carbocycles. The van der Waals surface area contributed by atoms with Crippen LogP contribution in [-0.4, -0.2) is 34.9 Å². The molecule has 0 aliphatic heterocycles. The highest BCUT2D eigenvalue weighted by molar-refractivity contribution is 5.76. The molecule has 0 aromatic carbocycles. The number of unbranched alkanes of at least 4 members (excludes halogenated alkanes) is 18. The number of aliphatic hydroxyl groups is 2. The molecule has 2 atom stereocenters. The van der Waals surface area contributed by atoms with Crippen LogP contribution < -0.4 is 5.32 Å². The highest BCUT2D eigenvalue weighted by Crippen LogP contribution is 2.12. The van der Waals surface area contributed by atoms with Crippen molar-refractivity contribution in [2.75, 3.05) is 6.61 Å². The molecule has 222 valence electrons. The monoisotopic (exact) mass is 533 g/mol. The first-order valence-corrected chi connectivity index (χ1v) is 16.2. The van der Waals surface area contributed by atoms with Crippen LogP contribution in [0.25, 0.3) is 0 Å². The van der Waals surface area contributed by atoms with Gasteiger partial charge in [0.05, 0.1) is 18.8 Å². The van der Waals surface area contributed by atoms with E-state index in [0.29, 0.717) is 6.42 Å². The van der Waals surface area contributed by atoms with Crippen molar-refractivity contribution in [3.05, 3.63) is 36.5 Å². The molecule has 0 saturated heterocycles. The summed E-state index contributed by atoms with van der Waals surface area (Å²) in [5, 5.41) is 22.7. The topological polar surface area (TPSA) is 69.6 Å². The van der Waals surface area contributed by atoms with Gasteiger partial charge in [-0.05, 0) is 44.9 Å². The molecular formula is C34H63NO3. The zero-order valence-corrected chi connectivity index (χ0v) is 25.2. The van der Waals surface area contributed by atoms with E-state index in [2.05, 4.69) is 43.5 Å². The van der Waals surface area contributed by atoms with E-state index in [-0.39, 0.29) is 12.5 Å². The maximum absolute atomic E-state index is 12.2. The van der Waals surface area contributed by atoms with Gasteiger partial charge in [-0.3, -0.25) is 4.79 Å². The van der Waals surface area contributed by atoms with E-state index in [1.165, 1.54) is 96.3 Å². The first-order valence-electron chi connectivity index (χ1n) is 16.2. The average molecular weight is 534 g/mol. The lowest BCUT2D eigenvalue weighted by Crippen LogP contribution is -2.45. The minimum Gasteiger partial charge on any atom is -0.394 e. The molecule has 3 N–H and O–H groups in total. The number of hydrogen-bond acceptors (Lipinski definition) is 3. The van der Waals surface area contributed by atoms with E-state index in [1.807, 2.05) is 6.08 Å². The van der Waals surface area contributed by atoms with Gasteiger partial charge in [-0.1, -0.05) is 140 Å². The van der Waals surface area contributed by atoms with Crippen LogP contribution in [-0.2, 0) is 4.79 Å². The predicted octanol–water partition coefficient (Wildman–Crippen LogP) is 9.12. The fourth-order valence-electron chi connectivity index (χ4n) is 4.58. The standard InChI is InChI=1S/C34H63NO3/c1-3-5-7-9-11-13-15-16-17-18-20-22-24-26-28-30-34(38)35-32(31-36)33(37)29-27-25-23-21-19-14-12-10-8-6-4-2/h11,13,15-16,27,29,32-33,36-37H,3-10,12,14,17-26,28,30-31H2,1-2H3,(H,35,38)/b13-11-,16-15-,29-27+. The summed E-state index contributed by atoms with van der Waals surface area (Å²) in [6.45, 7) is 4.23. The van der Waals surface area contributed by atoms with E-state index in [0.717, 1.165) is 38.5 Å². The second kappa shape index (κ2) is 30.2. The SMILES string of the molecule is CCCCC/C=C\C=C/CCCCCCCCC(=O)NC(CO)C(O)/C=C/CCCCCCCCCCC. The highest BCUT2D eigenvalue weighted by atomic mass is 16.3. The van der Waals surface area contributed by atoms with Crippen LogP contribution >= 0.6 is 0 Å². The number of carbonyl (C=O) groups is 1. The second-order valence-electron chi connectivity index (χ2n) is 10.9. The number of aliphatic hydroxyl groups excluding tert-OH is 2. The fraction of sp³-hybridized carbons (Fsp3) is 0.794. The Morgan fingerprint density at radius 2 is 1.05 bits per heavy atom. The molecule has 0 radical (unpaired) electrons. The summed E-state index contributed by atoms with van der Waals surface area (Å²) in [6, 6.07) is -0.624. The number of rotatable bonds is 28. The Balaban J connectivity index is 3.70. The van der Waals surface area contributed by atoms with Crippen molar-refractivity contribution in [2.24, 2.45) is 0 Å². The minimum absolute atomic E-state index is 0.0803.